The van der Waals surface area contributed by atoms with Crippen LogP contribution in [-0.2, 0) is 9.59 Å². The van der Waals surface area contributed by atoms with Gasteiger partial charge in [0.1, 0.15) is 6.04 Å². The molecule has 20 heavy (non-hydrogen) atoms. The van der Waals surface area contributed by atoms with E-state index in [1.54, 1.807) is 16.7 Å². The van der Waals surface area contributed by atoms with Gasteiger partial charge in [-0.3, -0.25) is 4.79 Å². The van der Waals surface area contributed by atoms with Gasteiger partial charge in [-0.05, 0) is 5.92 Å². The van der Waals surface area contributed by atoms with Gasteiger partial charge in [0.05, 0.1) is 0 Å². The summed E-state index contributed by atoms with van der Waals surface area (Å²) in [6, 6.07) is -1.25. The number of rotatable bonds is 4. The zero-order valence-electron chi connectivity index (χ0n) is 12.3. The first-order valence-electron chi connectivity index (χ1n) is 6.90. The summed E-state index contributed by atoms with van der Waals surface area (Å²) in [6.45, 7) is 7.02. The molecule has 114 valence electrons. The van der Waals surface area contributed by atoms with Crippen LogP contribution in [0.4, 0.5) is 4.79 Å². The van der Waals surface area contributed by atoms with Gasteiger partial charge in [0, 0.05) is 33.1 Å². The molecule has 0 radical (unpaired) electrons. The number of hydrogen-bond acceptors (Lipinski definition) is 3. The molecule has 0 spiro atoms. The van der Waals surface area contributed by atoms with Crippen molar-refractivity contribution in [2.45, 2.75) is 33.2 Å². The van der Waals surface area contributed by atoms with Gasteiger partial charge in [-0.15, -0.1) is 0 Å². The Bertz CT molecular complexity index is 378. The molecule has 3 amide bonds. The second kappa shape index (κ2) is 7.12. The van der Waals surface area contributed by atoms with Crippen LogP contribution in [0.3, 0.4) is 0 Å². The van der Waals surface area contributed by atoms with Crippen molar-refractivity contribution >= 4 is 17.9 Å². The molecule has 7 nitrogen and oxygen atoms in total. The molecule has 1 aliphatic heterocycles. The third kappa shape index (κ3) is 4.11. The van der Waals surface area contributed by atoms with Crippen molar-refractivity contribution in [2.24, 2.45) is 5.92 Å². The number of hydrogen-bond donors (Lipinski definition) is 2. The molecule has 0 aliphatic carbocycles. The largest absolute Gasteiger partial charge is 0.480 e. The van der Waals surface area contributed by atoms with Crippen LogP contribution in [-0.4, -0.2) is 65.0 Å². The minimum Gasteiger partial charge on any atom is -0.480 e. The minimum atomic E-state index is -1.02. The van der Waals surface area contributed by atoms with Crippen LogP contribution in [0.2, 0.25) is 0 Å². The number of carbonyl (C=O) groups is 3. The Morgan fingerprint density at radius 2 is 1.65 bits per heavy atom. The predicted molar refractivity (Wildman–Crippen MR) is 73.2 cm³/mol. The van der Waals surface area contributed by atoms with E-state index in [2.05, 4.69) is 5.32 Å². The predicted octanol–water partition coefficient (Wildman–Crippen LogP) is 0.359. The van der Waals surface area contributed by atoms with Gasteiger partial charge in [-0.25, -0.2) is 9.59 Å². The molecule has 1 fully saturated rings. The molecule has 0 aromatic carbocycles. The van der Waals surface area contributed by atoms with Gasteiger partial charge in [0.25, 0.3) is 0 Å². The van der Waals surface area contributed by atoms with E-state index in [1.165, 1.54) is 6.92 Å². The average molecular weight is 285 g/mol. The number of nitrogens with one attached hydrogen (secondary N) is 1. The maximum absolute atomic E-state index is 12.1. The maximum atomic E-state index is 12.1. The third-order valence-electron chi connectivity index (χ3n) is 3.77. The number of carboxylic acids is 1. The number of nitrogens with zero attached hydrogens (tertiary/aromatic N) is 2. The Kier molecular flexibility index (Phi) is 5.79. The van der Waals surface area contributed by atoms with E-state index in [9.17, 15) is 14.4 Å². The average Bonchev–Trinajstić information content (AvgIpc) is 2.43. The van der Waals surface area contributed by atoms with Crippen molar-refractivity contribution in [1.29, 1.82) is 0 Å². The fourth-order valence-corrected chi connectivity index (χ4v) is 2.13. The molecule has 1 saturated heterocycles. The second-order valence-electron chi connectivity index (χ2n) is 5.14. The molecule has 7 heteroatoms. The molecule has 2 atom stereocenters. The lowest BCUT2D eigenvalue weighted by atomic mass is 9.99. The topological polar surface area (TPSA) is 90.0 Å². The number of piperazine rings is 1. The van der Waals surface area contributed by atoms with Crippen LogP contribution in [0.1, 0.15) is 27.2 Å². The first-order valence-corrected chi connectivity index (χ1v) is 6.90. The van der Waals surface area contributed by atoms with Crippen molar-refractivity contribution in [2.75, 3.05) is 26.2 Å². The van der Waals surface area contributed by atoms with Crippen molar-refractivity contribution in [3.8, 4) is 0 Å². The molecule has 1 heterocycles. The summed E-state index contributed by atoms with van der Waals surface area (Å²) in [5.41, 5.74) is 0. The van der Waals surface area contributed by atoms with Crippen molar-refractivity contribution in [3.63, 3.8) is 0 Å². The van der Waals surface area contributed by atoms with Crippen LogP contribution in [0.5, 0.6) is 0 Å². The van der Waals surface area contributed by atoms with Crippen molar-refractivity contribution in [1.82, 2.24) is 15.1 Å². The highest BCUT2D eigenvalue weighted by Crippen LogP contribution is 2.09. The fourth-order valence-electron chi connectivity index (χ4n) is 2.13. The van der Waals surface area contributed by atoms with Crippen molar-refractivity contribution < 1.29 is 19.5 Å². The molecule has 0 bridgehead atoms. The summed E-state index contributed by atoms with van der Waals surface area (Å²) in [4.78, 5) is 37.7. The second-order valence-corrected chi connectivity index (χ2v) is 5.14. The lowest BCUT2D eigenvalue weighted by molar-refractivity contribution is -0.140. The first-order chi connectivity index (χ1) is 9.36. The summed E-state index contributed by atoms with van der Waals surface area (Å²) in [5, 5.41) is 11.7. The summed E-state index contributed by atoms with van der Waals surface area (Å²) >= 11 is 0. The summed E-state index contributed by atoms with van der Waals surface area (Å²) in [5.74, 6) is -1.15. The Labute approximate surface area is 118 Å². The zero-order valence-corrected chi connectivity index (χ0v) is 12.3. The van der Waals surface area contributed by atoms with E-state index in [1.807, 2.05) is 6.92 Å². The van der Waals surface area contributed by atoms with Crippen LogP contribution < -0.4 is 5.32 Å². The van der Waals surface area contributed by atoms with Crippen LogP contribution in [0.25, 0.3) is 0 Å². The van der Waals surface area contributed by atoms with Crippen molar-refractivity contribution in [3.05, 3.63) is 0 Å². The van der Waals surface area contributed by atoms with Gasteiger partial charge >= 0.3 is 12.0 Å². The van der Waals surface area contributed by atoms with Gasteiger partial charge in [0.15, 0.2) is 0 Å². The molecule has 0 aromatic rings. The minimum absolute atomic E-state index is 0.00641. The summed E-state index contributed by atoms with van der Waals surface area (Å²) < 4.78 is 0. The van der Waals surface area contributed by atoms with Gasteiger partial charge in [0.2, 0.25) is 5.91 Å². The smallest absolute Gasteiger partial charge is 0.326 e. The van der Waals surface area contributed by atoms with E-state index < -0.39 is 12.0 Å². The molecular weight excluding hydrogens is 262 g/mol. The van der Waals surface area contributed by atoms with Crippen LogP contribution in [0.15, 0.2) is 0 Å². The van der Waals surface area contributed by atoms with Gasteiger partial charge in [-0.1, -0.05) is 20.3 Å². The Balaban J connectivity index is 2.54. The standard InChI is InChI=1S/C13H23N3O4/c1-4-9(2)11(12(18)19)14-13(20)16-7-5-15(6-8-16)10(3)17/h9,11H,4-8H2,1-3H3,(H,14,20)(H,18,19)/t9?,11-/m0/s1. The van der Waals surface area contributed by atoms with E-state index in [4.69, 9.17) is 5.11 Å². The molecule has 0 saturated carbocycles. The highest BCUT2D eigenvalue weighted by molar-refractivity contribution is 5.83. The van der Waals surface area contributed by atoms with Gasteiger partial charge < -0.3 is 20.2 Å². The van der Waals surface area contributed by atoms with Gasteiger partial charge in [-0.2, -0.15) is 0 Å². The maximum Gasteiger partial charge on any atom is 0.326 e. The normalized spacial score (nSPS) is 18.4. The van der Waals surface area contributed by atoms with Crippen LogP contribution >= 0.6 is 0 Å². The molecular formula is C13H23N3O4. The molecule has 1 rings (SSSR count). The number of carbonyl (C=O) groups excluding carboxylic acids is 2. The quantitative estimate of drug-likeness (QED) is 0.780. The molecule has 1 aliphatic rings. The third-order valence-corrected chi connectivity index (χ3v) is 3.77. The van der Waals surface area contributed by atoms with E-state index in [0.717, 1.165) is 0 Å². The first kappa shape index (κ1) is 16.3. The summed E-state index contributed by atoms with van der Waals surface area (Å²) in [6.07, 6.45) is 0.676. The Hall–Kier alpha value is -1.79. The number of amides is 3. The van der Waals surface area contributed by atoms with E-state index in [-0.39, 0.29) is 17.9 Å². The number of aliphatic carboxylic acids is 1. The Morgan fingerprint density at radius 3 is 2.05 bits per heavy atom. The molecule has 2 N–H and O–H groups in total. The number of carboxylic acid groups (broad SMARTS) is 1. The zero-order chi connectivity index (χ0) is 15.3. The molecule has 1 unspecified atom stereocenters. The number of urea groups is 1. The lowest BCUT2D eigenvalue weighted by Crippen LogP contribution is -2.56. The lowest BCUT2D eigenvalue weighted by Gasteiger charge is -2.35. The van der Waals surface area contributed by atoms with E-state index >= 15 is 0 Å². The SMILES string of the molecule is CCC(C)[C@H](NC(=O)N1CCN(C(C)=O)CC1)C(=O)O. The summed E-state index contributed by atoms with van der Waals surface area (Å²) in [7, 11) is 0. The monoisotopic (exact) mass is 285 g/mol. The van der Waals surface area contributed by atoms with Crippen LogP contribution in [0, 0.1) is 5.92 Å². The molecule has 0 aromatic heterocycles. The van der Waals surface area contributed by atoms with E-state index in [0.29, 0.717) is 32.6 Å². The Morgan fingerprint density at radius 1 is 1.15 bits per heavy atom. The highest BCUT2D eigenvalue weighted by atomic mass is 16.4. The fraction of sp³-hybridized carbons (Fsp3) is 0.769. The highest BCUT2D eigenvalue weighted by Gasteiger charge is 2.29.